The Morgan fingerprint density at radius 1 is 1.45 bits per heavy atom. The highest BCUT2D eigenvalue weighted by Gasteiger charge is 2.69. The first kappa shape index (κ1) is 16.2. The Bertz CT molecular complexity index is 493. The van der Waals surface area contributed by atoms with Gasteiger partial charge < -0.3 is 14.4 Å². The predicted molar refractivity (Wildman–Crippen MR) is 75.7 cm³/mol. The Balaban J connectivity index is 2.36. The van der Waals surface area contributed by atoms with Gasteiger partial charge in [-0.15, -0.1) is 0 Å². The molecule has 2 aliphatic rings. The first-order valence-electron chi connectivity index (χ1n) is 5.55. The number of Topliss-reactive ketones (excluding diaryl/α,β-unsaturated/α-hetero) is 1. The molecule has 2 bridgehead atoms. The Morgan fingerprint density at radius 2 is 2.05 bits per heavy atom. The van der Waals surface area contributed by atoms with Gasteiger partial charge in [0.25, 0.3) is 0 Å². The van der Waals surface area contributed by atoms with Gasteiger partial charge in [-0.25, -0.2) is 4.79 Å². The number of amides is 1. The van der Waals surface area contributed by atoms with Crippen LogP contribution in [0.5, 0.6) is 0 Å². The molecule has 2 rings (SSSR count). The zero-order chi connectivity index (χ0) is 15.3. The van der Waals surface area contributed by atoms with Gasteiger partial charge in [0.2, 0.25) is 14.4 Å². The van der Waals surface area contributed by atoms with Crippen molar-refractivity contribution in [3.63, 3.8) is 0 Å². The summed E-state index contributed by atoms with van der Waals surface area (Å²) >= 11 is 24.2. The van der Waals surface area contributed by atoms with E-state index in [0.29, 0.717) is 0 Å². The lowest BCUT2D eigenvalue weighted by molar-refractivity contribution is -0.142. The van der Waals surface area contributed by atoms with E-state index in [9.17, 15) is 9.59 Å². The molecule has 0 saturated carbocycles. The van der Waals surface area contributed by atoms with Crippen molar-refractivity contribution < 1.29 is 19.1 Å². The zero-order valence-electron chi connectivity index (χ0n) is 10.5. The molecule has 0 aliphatic carbocycles. The molecule has 1 fully saturated rings. The second-order valence-electron chi connectivity index (χ2n) is 4.64. The summed E-state index contributed by atoms with van der Waals surface area (Å²) in [5.41, 5.74) is -1.42. The van der Waals surface area contributed by atoms with E-state index in [4.69, 9.17) is 51.1 Å². The molecule has 2 atom stereocenters. The molecular formula is C11H11Cl4NO4. The molecule has 0 N–H and O–H groups in total. The standard InChI is InChI=1S/C11H11Cl4NO4/c1-16(8(18)19-2)5-9-4-3-6(20-9)10(12,13)7(17)11(9,14)15/h3-4,6H,5H2,1-2H3/t6-,9?/m0/s1. The molecule has 1 saturated heterocycles. The van der Waals surface area contributed by atoms with Crippen molar-refractivity contribution in [3.8, 4) is 0 Å². The highest BCUT2D eigenvalue weighted by molar-refractivity contribution is 6.70. The van der Waals surface area contributed by atoms with Crippen LogP contribution in [0.15, 0.2) is 12.2 Å². The van der Waals surface area contributed by atoms with Crippen LogP contribution in [0.1, 0.15) is 0 Å². The Kier molecular flexibility index (Phi) is 3.98. The molecule has 1 unspecified atom stereocenters. The number of alkyl halides is 4. The molecule has 2 aliphatic heterocycles. The fourth-order valence-electron chi connectivity index (χ4n) is 2.21. The van der Waals surface area contributed by atoms with Crippen molar-refractivity contribution in [1.82, 2.24) is 4.90 Å². The maximum Gasteiger partial charge on any atom is 0.409 e. The lowest BCUT2D eigenvalue weighted by atomic mass is 9.92. The van der Waals surface area contributed by atoms with Gasteiger partial charge >= 0.3 is 6.09 Å². The third kappa shape index (κ3) is 2.11. The lowest BCUT2D eigenvalue weighted by Gasteiger charge is -2.47. The van der Waals surface area contributed by atoms with Crippen LogP contribution < -0.4 is 0 Å². The fraction of sp³-hybridized carbons (Fsp3) is 0.636. The summed E-state index contributed by atoms with van der Waals surface area (Å²) in [6.45, 7) is -0.0880. The monoisotopic (exact) mass is 361 g/mol. The Morgan fingerprint density at radius 3 is 2.60 bits per heavy atom. The Labute approximate surface area is 135 Å². The summed E-state index contributed by atoms with van der Waals surface area (Å²) in [5.74, 6) is -0.781. The van der Waals surface area contributed by atoms with Gasteiger partial charge in [-0.2, -0.15) is 0 Å². The highest BCUT2D eigenvalue weighted by atomic mass is 35.5. The first-order valence-corrected chi connectivity index (χ1v) is 7.06. The van der Waals surface area contributed by atoms with Gasteiger partial charge in [-0.05, 0) is 6.08 Å². The summed E-state index contributed by atoms with van der Waals surface area (Å²) in [6.07, 6.45) is 1.51. The number of methoxy groups -OCH3 is 1. The highest BCUT2D eigenvalue weighted by Crippen LogP contribution is 2.54. The molecule has 0 aromatic heterocycles. The summed E-state index contributed by atoms with van der Waals surface area (Å²) in [4.78, 5) is 24.9. The molecule has 5 nitrogen and oxygen atoms in total. The van der Waals surface area contributed by atoms with Gasteiger partial charge in [-0.1, -0.05) is 52.5 Å². The van der Waals surface area contributed by atoms with Crippen LogP contribution in [-0.4, -0.2) is 57.9 Å². The minimum Gasteiger partial charge on any atom is -0.453 e. The van der Waals surface area contributed by atoms with E-state index >= 15 is 0 Å². The molecule has 1 amide bonds. The minimum atomic E-state index is -2.03. The summed E-state index contributed by atoms with van der Waals surface area (Å²) in [7, 11) is 2.69. The number of hydrogen-bond acceptors (Lipinski definition) is 4. The summed E-state index contributed by atoms with van der Waals surface area (Å²) in [6, 6.07) is 0. The maximum atomic E-state index is 12.3. The summed E-state index contributed by atoms with van der Waals surface area (Å²) < 4.78 is 6.32. The number of fused-ring (bicyclic) bond motifs is 2. The topological polar surface area (TPSA) is 55.8 Å². The van der Waals surface area contributed by atoms with Crippen molar-refractivity contribution in [3.05, 3.63) is 12.2 Å². The number of ketones is 1. The molecule has 9 heteroatoms. The third-order valence-electron chi connectivity index (χ3n) is 3.31. The smallest absolute Gasteiger partial charge is 0.409 e. The van der Waals surface area contributed by atoms with Crippen molar-refractivity contribution >= 4 is 58.3 Å². The summed E-state index contributed by atoms with van der Waals surface area (Å²) in [5, 5.41) is 0. The molecule has 0 aromatic carbocycles. The van der Waals surface area contributed by atoms with E-state index < -0.39 is 32.2 Å². The van der Waals surface area contributed by atoms with Crippen LogP contribution in [0.3, 0.4) is 0 Å². The quantitative estimate of drug-likeness (QED) is 0.558. The number of hydrogen-bond donors (Lipinski definition) is 0. The number of likely N-dealkylation sites (N-methyl/N-ethyl adjacent to an activating group) is 1. The Hall–Kier alpha value is -0.200. The average Bonchev–Trinajstić information content (AvgIpc) is 2.80. The minimum absolute atomic E-state index is 0.0880. The van der Waals surface area contributed by atoms with Gasteiger partial charge in [0.05, 0.1) is 13.7 Å². The number of carbonyl (C=O) groups excluding carboxylic acids is 2. The first-order chi connectivity index (χ1) is 9.08. The largest absolute Gasteiger partial charge is 0.453 e. The van der Waals surface area contributed by atoms with Crippen LogP contribution in [0.2, 0.25) is 0 Å². The molecule has 0 radical (unpaired) electrons. The van der Waals surface area contributed by atoms with E-state index in [1.165, 1.54) is 31.2 Å². The van der Waals surface area contributed by atoms with Crippen molar-refractivity contribution in [1.29, 1.82) is 0 Å². The molecular weight excluding hydrogens is 352 g/mol. The zero-order valence-corrected chi connectivity index (χ0v) is 13.6. The van der Waals surface area contributed by atoms with Crippen molar-refractivity contribution in [2.45, 2.75) is 20.4 Å². The van der Waals surface area contributed by atoms with Crippen molar-refractivity contribution in [2.24, 2.45) is 0 Å². The number of ether oxygens (including phenoxy) is 2. The van der Waals surface area contributed by atoms with Crippen LogP contribution >= 0.6 is 46.4 Å². The van der Waals surface area contributed by atoms with E-state index in [1.807, 2.05) is 0 Å². The maximum absolute atomic E-state index is 12.3. The molecule has 0 aromatic rings. The van der Waals surface area contributed by atoms with Gasteiger partial charge in [0, 0.05) is 7.05 Å². The number of carbonyl (C=O) groups is 2. The van der Waals surface area contributed by atoms with Gasteiger partial charge in [-0.3, -0.25) is 4.79 Å². The van der Waals surface area contributed by atoms with Crippen LogP contribution in [0, 0.1) is 0 Å². The van der Waals surface area contributed by atoms with E-state index in [-0.39, 0.29) is 6.54 Å². The van der Waals surface area contributed by atoms with Gasteiger partial charge in [0.1, 0.15) is 11.7 Å². The second kappa shape index (κ2) is 4.92. The number of halogens is 4. The lowest BCUT2D eigenvalue weighted by Crippen LogP contribution is -2.67. The SMILES string of the molecule is COC(=O)N(C)CC12C=C[C@H](O1)C(Cl)(Cl)C(=O)C2(Cl)Cl. The van der Waals surface area contributed by atoms with Crippen LogP contribution in [0.25, 0.3) is 0 Å². The van der Waals surface area contributed by atoms with E-state index in [1.54, 1.807) is 0 Å². The molecule has 112 valence electrons. The number of nitrogens with zero attached hydrogens (tertiary/aromatic N) is 1. The van der Waals surface area contributed by atoms with Crippen molar-refractivity contribution in [2.75, 3.05) is 20.7 Å². The normalized spacial score (nSPS) is 33.1. The third-order valence-corrected chi connectivity index (χ3v) is 5.07. The van der Waals surface area contributed by atoms with Crippen LogP contribution in [0.4, 0.5) is 4.79 Å². The second-order valence-corrected chi connectivity index (χ2v) is 7.35. The molecule has 20 heavy (non-hydrogen) atoms. The molecule has 0 spiro atoms. The molecule has 2 heterocycles. The predicted octanol–water partition coefficient (Wildman–Crippen LogP) is 2.31. The van der Waals surface area contributed by atoms with Crippen LogP contribution in [-0.2, 0) is 14.3 Å². The van der Waals surface area contributed by atoms with Gasteiger partial charge in [0.15, 0.2) is 0 Å². The number of rotatable bonds is 2. The van der Waals surface area contributed by atoms with E-state index in [2.05, 4.69) is 4.74 Å². The fourth-order valence-corrected chi connectivity index (χ4v) is 3.56. The van der Waals surface area contributed by atoms with E-state index in [0.717, 1.165) is 0 Å². The average molecular weight is 363 g/mol.